The summed E-state index contributed by atoms with van der Waals surface area (Å²) < 4.78 is 22.5. The maximum Gasteiger partial charge on any atom is 0.231 e. The van der Waals surface area contributed by atoms with Gasteiger partial charge in [0.15, 0.2) is 17.3 Å². The van der Waals surface area contributed by atoms with Gasteiger partial charge in [-0.1, -0.05) is 50.2 Å². The fraction of sp³-hybridized carbons (Fsp3) is 0.273. The molecule has 0 amide bonds. The molecule has 2 N–H and O–H groups in total. The van der Waals surface area contributed by atoms with Crippen molar-refractivity contribution in [2.75, 3.05) is 25.9 Å². The monoisotopic (exact) mass is 552 g/mol. The summed E-state index contributed by atoms with van der Waals surface area (Å²) in [5.41, 5.74) is 3.04. The summed E-state index contributed by atoms with van der Waals surface area (Å²) in [5, 5.41) is 21.6. The Morgan fingerprint density at radius 1 is 0.976 bits per heavy atom. The number of nitrogens with one attached hydrogen (secondary N) is 1. The van der Waals surface area contributed by atoms with E-state index in [0.29, 0.717) is 63.9 Å². The average Bonchev–Trinajstić information content (AvgIpc) is 3.44. The Hall–Kier alpha value is -4.72. The van der Waals surface area contributed by atoms with Crippen molar-refractivity contribution in [1.29, 1.82) is 5.41 Å². The zero-order valence-corrected chi connectivity index (χ0v) is 23.5. The second-order valence-corrected chi connectivity index (χ2v) is 11.2. The molecule has 1 atom stereocenters. The van der Waals surface area contributed by atoms with Gasteiger partial charge in [0.2, 0.25) is 6.79 Å². The molecule has 1 aliphatic carbocycles. The molecule has 2 aliphatic heterocycles. The van der Waals surface area contributed by atoms with Crippen LogP contribution in [-0.4, -0.2) is 37.7 Å². The molecule has 2 heterocycles. The molecule has 3 aliphatic rings. The van der Waals surface area contributed by atoms with Crippen LogP contribution < -0.4 is 23.8 Å². The molecule has 210 valence electrons. The number of hydrogen-bond acceptors (Lipinski definition) is 7. The molecule has 0 radical (unpaired) electrons. The van der Waals surface area contributed by atoms with E-state index in [-0.39, 0.29) is 29.6 Å². The summed E-state index contributed by atoms with van der Waals surface area (Å²) in [5.74, 6) is 1.51. The lowest BCUT2D eigenvalue weighted by molar-refractivity contribution is -0.118. The van der Waals surface area contributed by atoms with Crippen LogP contribution in [0, 0.1) is 10.8 Å². The zero-order chi connectivity index (χ0) is 28.9. The van der Waals surface area contributed by atoms with Gasteiger partial charge in [0.1, 0.15) is 23.1 Å². The Kier molecular flexibility index (Phi) is 6.49. The smallest absolute Gasteiger partial charge is 0.231 e. The van der Waals surface area contributed by atoms with Gasteiger partial charge in [-0.25, -0.2) is 0 Å². The highest BCUT2D eigenvalue weighted by Gasteiger charge is 2.47. The predicted molar refractivity (Wildman–Crippen MR) is 156 cm³/mol. The normalized spacial score (nSPS) is 20.6. The molecule has 0 saturated heterocycles. The minimum Gasteiger partial charge on any atom is -0.507 e. The molecule has 8 nitrogen and oxygen atoms in total. The molecular formula is C33H32N2O6. The molecular weight excluding hydrogens is 520 g/mol. The van der Waals surface area contributed by atoms with E-state index in [9.17, 15) is 15.3 Å². The van der Waals surface area contributed by atoms with Gasteiger partial charge in [-0.05, 0) is 41.7 Å². The fourth-order valence-corrected chi connectivity index (χ4v) is 6.03. The Balaban J connectivity index is 1.69. The van der Waals surface area contributed by atoms with Crippen LogP contribution in [0.25, 0.3) is 5.76 Å². The zero-order valence-electron chi connectivity index (χ0n) is 23.5. The molecule has 0 saturated carbocycles. The number of aliphatic hydroxyl groups is 1. The molecule has 0 fully saturated rings. The van der Waals surface area contributed by atoms with Crippen molar-refractivity contribution in [3.05, 3.63) is 94.7 Å². The minimum absolute atomic E-state index is 0.0309. The van der Waals surface area contributed by atoms with Crippen molar-refractivity contribution >= 4 is 23.1 Å². The topological polar surface area (TPSA) is 101 Å². The van der Waals surface area contributed by atoms with Crippen molar-refractivity contribution in [2.24, 2.45) is 5.41 Å². The quantitative estimate of drug-likeness (QED) is 0.343. The van der Waals surface area contributed by atoms with Gasteiger partial charge < -0.3 is 24.1 Å². The second-order valence-electron chi connectivity index (χ2n) is 11.2. The third kappa shape index (κ3) is 4.49. The number of ketones is 1. The van der Waals surface area contributed by atoms with Crippen molar-refractivity contribution in [3.63, 3.8) is 0 Å². The lowest BCUT2D eigenvalue weighted by Crippen LogP contribution is -2.45. The van der Waals surface area contributed by atoms with E-state index >= 15 is 0 Å². The Morgan fingerprint density at radius 3 is 2.46 bits per heavy atom. The third-order valence-electron chi connectivity index (χ3n) is 7.88. The van der Waals surface area contributed by atoms with Gasteiger partial charge in [-0.15, -0.1) is 0 Å². The van der Waals surface area contributed by atoms with Crippen LogP contribution in [0.5, 0.6) is 23.0 Å². The number of ether oxygens (including phenoxy) is 4. The molecule has 3 aromatic carbocycles. The number of rotatable bonds is 5. The first-order valence-electron chi connectivity index (χ1n) is 13.5. The molecule has 0 spiro atoms. The number of methoxy groups -OCH3 is 2. The van der Waals surface area contributed by atoms with Crippen molar-refractivity contribution in [1.82, 2.24) is 0 Å². The van der Waals surface area contributed by atoms with Gasteiger partial charge in [-0.3, -0.25) is 15.1 Å². The Bertz CT molecular complexity index is 1620. The van der Waals surface area contributed by atoms with Crippen molar-refractivity contribution < 1.29 is 28.8 Å². The number of nitrogens with zero attached hydrogens (tertiary/aromatic N) is 1. The van der Waals surface area contributed by atoms with E-state index in [2.05, 4.69) is 13.8 Å². The Morgan fingerprint density at radius 2 is 1.73 bits per heavy atom. The maximum atomic E-state index is 14.2. The number of allylic oxidation sites excluding steroid dienone is 2. The van der Waals surface area contributed by atoms with E-state index in [1.165, 1.54) is 0 Å². The minimum atomic E-state index is -0.705. The van der Waals surface area contributed by atoms with Crippen LogP contribution in [0.3, 0.4) is 0 Å². The van der Waals surface area contributed by atoms with Crippen molar-refractivity contribution in [3.8, 4) is 23.0 Å². The maximum absolute atomic E-state index is 14.2. The average molecular weight is 553 g/mol. The first kappa shape index (κ1) is 26.5. The van der Waals surface area contributed by atoms with Gasteiger partial charge in [0.25, 0.3) is 0 Å². The number of carbonyl (C=O) groups is 1. The van der Waals surface area contributed by atoms with Crippen LogP contribution in [0.2, 0.25) is 0 Å². The van der Waals surface area contributed by atoms with Gasteiger partial charge in [-0.2, -0.15) is 0 Å². The summed E-state index contributed by atoms with van der Waals surface area (Å²) in [6, 6.07) is 20.0. The SMILES string of the molecule is COc1ccc(OC)c(N2C(=N)C(=C(O)c3ccccc3)[C@H](c3ccc4c(c3)OCO4)C3=C2CC(C)(C)CC3=O)c1. The van der Waals surface area contributed by atoms with Crippen molar-refractivity contribution in [2.45, 2.75) is 32.6 Å². The Labute approximate surface area is 238 Å². The fourth-order valence-electron chi connectivity index (χ4n) is 6.03. The molecule has 3 aromatic rings. The lowest BCUT2D eigenvalue weighted by Gasteiger charge is -2.45. The van der Waals surface area contributed by atoms with Gasteiger partial charge in [0.05, 0.1) is 19.9 Å². The largest absolute Gasteiger partial charge is 0.507 e. The third-order valence-corrected chi connectivity index (χ3v) is 7.88. The number of carbonyl (C=O) groups excluding carboxylic acids is 1. The molecule has 0 unspecified atom stereocenters. The highest BCUT2D eigenvalue weighted by Crippen LogP contribution is 2.53. The number of anilines is 1. The first-order valence-corrected chi connectivity index (χ1v) is 13.5. The predicted octanol–water partition coefficient (Wildman–Crippen LogP) is 6.63. The van der Waals surface area contributed by atoms with Crippen LogP contribution in [0.1, 0.15) is 43.7 Å². The summed E-state index contributed by atoms with van der Waals surface area (Å²) in [7, 11) is 3.14. The highest BCUT2D eigenvalue weighted by molar-refractivity contribution is 6.20. The van der Waals surface area contributed by atoms with E-state index < -0.39 is 5.92 Å². The lowest BCUT2D eigenvalue weighted by atomic mass is 9.67. The molecule has 8 heteroatoms. The first-order chi connectivity index (χ1) is 19.7. The van der Waals surface area contributed by atoms with Crippen LogP contribution in [0.4, 0.5) is 5.69 Å². The molecule has 41 heavy (non-hydrogen) atoms. The summed E-state index contributed by atoms with van der Waals surface area (Å²) in [6.07, 6.45) is 0.875. The van der Waals surface area contributed by atoms with E-state index in [4.69, 9.17) is 18.9 Å². The van der Waals surface area contributed by atoms with Gasteiger partial charge in [0, 0.05) is 40.8 Å². The summed E-state index contributed by atoms with van der Waals surface area (Å²) >= 11 is 0. The number of Topliss-reactive ketones (excluding diaryl/α,β-unsaturated/α-hetero) is 1. The number of fused-ring (bicyclic) bond motifs is 1. The number of amidine groups is 1. The second kappa shape index (κ2) is 10.0. The number of hydrogen-bond donors (Lipinski definition) is 2. The summed E-state index contributed by atoms with van der Waals surface area (Å²) in [6.45, 7) is 4.23. The van der Waals surface area contributed by atoms with E-state index in [1.807, 2.05) is 36.4 Å². The van der Waals surface area contributed by atoms with Gasteiger partial charge >= 0.3 is 0 Å². The van der Waals surface area contributed by atoms with E-state index in [0.717, 1.165) is 5.56 Å². The molecule has 0 bridgehead atoms. The summed E-state index contributed by atoms with van der Waals surface area (Å²) in [4.78, 5) is 15.9. The van der Waals surface area contributed by atoms with Crippen LogP contribution >= 0.6 is 0 Å². The van der Waals surface area contributed by atoms with E-state index in [1.54, 1.807) is 49.5 Å². The molecule has 0 aromatic heterocycles. The number of benzene rings is 3. The van der Waals surface area contributed by atoms with Crippen LogP contribution in [-0.2, 0) is 4.79 Å². The molecule has 6 rings (SSSR count). The standard InChI is InChI=1S/C33H32N2O6/c1-33(2)16-23-29(24(36)17-33)28(20-10-12-26-27(14-20)41-18-40-26)30(31(37)19-8-6-5-7-9-19)32(34)35(23)22-15-21(38-3)11-13-25(22)39-4/h5-15,28,34,37H,16-18H2,1-4H3/t28-/m1/s1. The highest BCUT2D eigenvalue weighted by atomic mass is 16.7. The number of aliphatic hydroxyl groups excluding tert-OH is 1. The van der Waals surface area contributed by atoms with Crippen LogP contribution in [0.15, 0.2) is 83.6 Å².